The molecule has 0 saturated carbocycles. The normalized spacial score (nSPS) is 10.3. The monoisotopic (exact) mass is 184 g/mol. The first-order chi connectivity index (χ1) is 6.81. The molecule has 0 aliphatic heterocycles. The standard InChI is InChI=1S/C12H10NO/c1-2-5-10-8-9-6-3-4-7-11(9)13-12(10)14/h2-4,6-8H,1,5H2. The number of hydrogen-bond donors (Lipinski definition) is 0. The van der Waals surface area contributed by atoms with Gasteiger partial charge in [0.2, 0.25) is 0 Å². The smallest absolute Gasteiger partial charge is 0.267 e. The van der Waals surface area contributed by atoms with Crippen LogP contribution >= 0.6 is 0 Å². The number of benzene rings is 1. The zero-order chi connectivity index (χ0) is 9.97. The molecule has 0 aliphatic rings. The van der Waals surface area contributed by atoms with Gasteiger partial charge >= 0.3 is 0 Å². The molecule has 0 fully saturated rings. The summed E-state index contributed by atoms with van der Waals surface area (Å²) in [7, 11) is 0. The van der Waals surface area contributed by atoms with Crippen LogP contribution in [0.1, 0.15) is 5.56 Å². The van der Waals surface area contributed by atoms with E-state index in [1.54, 1.807) is 6.08 Å². The SMILES string of the molecule is C=CCc1cc2ccccc2nc1[O]. The van der Waals surface area contributed by atoms with Gasteiger partial charge in [0, 0.05) is 10.9 Å². The summed E-state index contributed by atoms with van der Waals surface area (Å²) in [5.74, 6) is -0.149. The number of aromatic nitrogens is 1. The van der Waals surface area contributed by atoms with Crippen molar-refractivity contribution in [3.63, 3.8) is 0 Å². The number of rotatable bonds is 2. The number of hydrogen-bond acceptors (Lipinski definition) is 1. The number of allylic oxidation sites excluding steroid dienone is 1. The number of nitrogens with zero attached hydrogens (tertiary/aromatic N) is 1. The second-order valence-corrected chi connectivity index (χ2v) is 3.14. The van der Waals surface area contributed by atoms with Crippen molar-refractivity contribution in [1.82, 2.24) is 4.98 Å². The van der Waals surface area contributed by atoms with Gasteiger partial charge in [0.1, 0.15) is 0 Å². The number of pyridine rings is 1. The van der Waals surface area contributed by atoms with Gasteiger partial charge in [-0.1, -0.05) is 24.3 Å². The topological polar surface area (TPSA) is 32.8 Å². The Bertz CT molecular complexity index is 477. The highest BCUT2D eigenvalue weighted by molar-refractivity contribution is 5.79. The van der Waals surface area contributed by atoms with Gasteiger partial charge in [0.25, 0.3) is 5.88 Å². The van der Waals surface area contributed by atoms with Crippen molar-refractivity contribution in [1.29, 1.82) is 0 Å². The molecule has 14 heavy (non-hydrogen) atoms. The number of fused-ring (bicyclic) bond motifs is 1. The molecule has 1 aromatic carbocycles. The Balaban J connectivity index is 2.64. The Kier molecular flexibility index (Phi) is 2.19. The average molecular weight is 184 g/mol. The Hall–Kier alpha value is -1.83. The second-order valence-electron chi connectivity index (χ2n) is 3.14. The van der Waals surface area contributed by atoms with E-state index >= 15 is 0 Å². The molecule has 0 spiro atoms. The van der Waals surface area contributed by atoms with Crippen molar-refractivity contribution in [3.8, 4) is 5.88 Å². The van der Waals surface area contributed by atoms with Crippen LogP contribution in [0.3, 0.4) is 0 Å². The summed E-state index contributed by atoms with van der Waals surface area (Å²) in [4.78, 5) is 3.99. The predicted octanol–water partition coefficient (Wildman–Crippen LogP) is 3.11. The molecule has 0 aliphatic carbocycles. The summed E-state index contributed by atoms with van der Waals surface area (Å²) < 4.78 is 0. The highest BCUT2D eigenvalue weighted by Gasteiger charge is 2.04. The summed E-state index contributed by atoms with van der Waals surface area (Å²) >= 11 is 0. The molecule has 0 amide bonds. The van der Waals surface area contributed by atoms with Crippen LogP contribution in [-0.2, 0) is 11.5 Å². The molecule has 0 bridgehead atoms. The van der Waals surface area contributed by atoms with Gasteiger partial charge in [-0.15, -0.1) is 6.58 Å². The summed E-state index contributed by atoms with van der Waals surface area (Å²) in [5.41, 5.74) is 1.46. The maximum absolute atomic E-state index is 11.5. The molecule has 2 nitrogen and oxygen atoms in total. The average Bonchev–Trinajstić information content (AvgIpc) is 2.19. The highest BCUT2D eigenvalue weighted by Crippen LogP contribution is 2.21. The van der Waals surface area contributed by atoms with E-state index in [1.807, 2.05) is 30.3 Å². The van der Waals surface area contributed by atoms with Crippen molar-refractivity contribution < 1.29 is 5.11 Å². The molecule has 0 unspecified atom stereocenters. The molecule has 2 aromatic rings. The van der Waals surface area contributed by atoms with Gasteiger partial charge in [-0.2, -0.15) is 0 Å². The first-order valence-corrected chi connectivity index (χ1v) is 4.48. The lowest BCUT2D eigenvalue weighted by Crippen LogP contribution is -1.86. The first kappa shape index (κ1) is 8.75. The third kappa shape index (κ3) is 1.46. The molecule has 69 valence electrons. The lowest BCUT2D eigenvalue weighted by Gasteiger charge is -2.01. The van der Waals surface area contributed by atoms with Crippen molar-refractivity contribution in [2.45, 2.75) is 6.42 Å². The molecule has 1 radical (unpaired) electrons. The van der Waals surface area contributed by atoms with Gasteiger partial charge in [-0.05, 0) is 18.6 Å². The van der Waals surface area contributed by atoms with E-state index in [1.165, 1.54) is 0 Å². The van der Waals surface area contributed by atoms with E-state index in [2.05, 4.69) is 11.6 Å². The van der Waals surface area contributed by atoms with E-state index in [0.717, 1.165) is 10.9 Å². The zero-order valence-corrected chi connectivity index (χ0v) is 7.73. The quantitative estimate of drug-likeness (QED) is 0.660. The lowest BCUT2D eigenvalue weighted by atomic mass is 10.1. The fourth-order valence-electron chi connectivity index (χ4n) is 1.44. The minimum absolute atomic E-state index is 0.149. The molecular formula is C12H10NO. The lowest BCUT2D eigenvalue weighted by molar-refractivity contribution is 0.335. The van der Waals surface area contributed by atoms with Gasteiger partial charge in [0.15, 0.2) is 0 Å². The minimum Gasteiger partial charge on any atom is -0.267 e. The van der Waals surface area contributed by atoms with Gasteiger partial charge < -0.3 is 0 Å². The molecule has 1 aromatic heterocycles. The van der Waals surface area contributed by atoms with Gasteiger partial charge in [-0.3, -0.25) is 5.11 Å². The van der Waals surface area contributed by atoms with E-state index < -0.39 is 0 Å². The Morgan fingerprint density at radius 1 is 1.36 bits per heavy atom. The zero-order valence-electron chi connectivity index (χ0n) is 7.73. The molecule has 0 atom stereocenters. The third-order valence-electron chi connectivity index (χ3n) is 2.13. The minimum atomic E-state index is -0.149. The van der Waals surface area contributed by atoms with Crippen LogP contribution in [0.5, 0.6) is 5.88 Å². The maximum Gasteiger partial charge on any atom is 0.273 e. The van der Waals surface area contributed by atoms with Gasteiger partial charge in [-0.25, -0.2) is 4.98 Å². The highest BCUT2D eigenvalue weighted by atomic mass is 16.3. The summed E-state index contributed by atoms with van der Waals surface area (Å²) in [6.45, 7) is 3.61. The first-order valence-electron chi connectivity index (χ1n) is 4.48. The van der Waals surface area contributed by atoms with Crippen LogP contribution in [0.25, 0.3) is 10.9 Å². The third-order valence-corrected chi connectivity index (χ3v) is 2.13. The van der Waals surface area contributed by atoms with Crippen LogP contribution in [0, 0.1) is 0 Å². The summed E-state index contributed by atoms with van der Waals surface area (Å²) in [6, 6.07) is 9.49. The summed E-state index contributed by atoms with van der Waals surface area (Å²) in [6.07, 6.45) is 2.30. The molecule has 0 N–H and O–H groups in total. The van der Waals surface area contributed by atoms with Crippen molar-refractivity contribution in [2.75, 3.05) is 0 Å². The van der Waals surface area contributed by atoms with E-state index in [4.69, 9.17) is 0 Å². The number of para-hydroxylation sites is 1. The molecular weight excluding hydrogens is 174 g/mol. The van der Waals surface area contributed by atoms with Crippen molar-refractivity contribution >= 4 is 10.9 Å². The summed E-state index contributed by atoms with van der Waals surface area (Å²) in [5, 5.41) is 12.5. The van der Waals surface area contributed by atoms with Crippen LogP contribution in [0.2, 0.25) is 0 Å². The van der Waals surface area contributed by atoms with E-state index in [9.17, 15) is 5.11 Å². The van der Waals surface area contributed by atoms with E-state index in [-0.39, 0.29) is 5.88 Å². The molecule has 2 rings (SSSR count). The Morgan fingerprint density at radius 2 is 2.14 bits per heavy atom. The van der Waals surface area contributed by atoms with Crippen molar-refractivity contribution in [3.05, 3.63) is 48.6 Å². The van der Waals surface area contributed by atoms with Crippen molar-refractivity contribution in [2.24, 2.45) is 0 Å². The van der Waals surface area contributed by atoms with E-state index in [0.29, 0.717) is 12.0 Å². The van der Waals surface area contributed by atoms with Gasteiger partial charge in [0.05, 0.1) is 5.52 Å². The fourth-order valence-corrected chi connectivity index (χ4v) is 1.44. The molecule has 1 heterocycles. The van der Waals surface area contributed by atoms with Crippen LogP contribution in [0.4, 0.5) is 0 Å². The Morgan fingerprint density at radius 3 is 2.93 bits per heavy atom. The van der Waals surface area contributed by atoms with Crippen LogP contribution < -0.4 is 0 Å². The second kappa shape index (κ2) is 3.50. The predicted molar refractivity (Wildman–Crippen MR) is 55.8 cm³/mol. The largest absolute Gasteiger partial charge is 0.273 e. The molecule has 0 saturated heterocycles. The van der Waals surface area contributed by atoms with Crippen LogP contribution in [-0.4, -0.2) is 4.98 Å². The molecule has 2 heteroatoms. The maximum atomic E-state index is 11.5. The fraction of sp³-hybridized carbons (Fsp3) is 0.0833. The Labute approximate surface area is 82.5 Å². The van der Waals surface area contributed by atoms with Crippen LogP contribution in [0.15, 0.2) is 43.0 Å².